The zero-order valence-electron chi connectivity index (χ0n) is 18.9. The highest BCUT2D eigenvalue weighted by Gasteiger charge is 2.25. The van der Waals surface area contributed by atoms with Gasteiger partial charge in [0.25, 0.3) is 5.69 Å². The van der Waals surface area contributed by atoms with Crippen molar-refractivity contribution in [1.29, 1.82) is 0 Å². The maximum absolute atomic E-state index is 12.7. The molecule has 0 saturated carbocycles. The van der Waals surface area contributed by atoms with E-state index >= 15 is 0 Å². The van der Waals surface area contributed by atoms with Crippen molar-refractivity contribution in [2.75, 3.05) is 18.5 Å². The minimum Gasteiger partial charge on any atom is -0.489 e. The quantitative estimate of drug-likeness (QED) is 0.242. The molecule has 0 heterocycles. The van der Waals surface area contributed by atoms with Gasteiger partial charge in [0.15, 0.2) is 0 Å². The Morgan fingerprint density at radius 1 is 1.03 bits per heavy atom. The number of ether oxygens (including phenoxy) is 1. The van der Waals surface area contributed by atoms with Crippen molar-refractivity contribution in [3.8, 4) is 5.75 Å². The van der Waals surface area contributed by atoms with Crippen LogP contribution in [0.2, 0.25) is 0 Å². The number of hydrogen-bond acceptors (Lipinski definition) is 7. The monoisotopic (exact) mass is 482 g/mol. The van der Waals surface area contributed by atoms with Crippen LogP contribution in [-0.4, -0.2) is 37.0 Å². The normalized spacial score (nSPS) is 11.6. The van der Waals surface area contributed by atoms with Gasteiger partial charge in [0.05, 0.1) is 16.0 Å². The molecule has 0 aliphatic rings. The molecular weight excluding hydrogens is 456 g/mol. The van der Waals surface area contributed by atoms with E-state index in [-0.39, 0.29) is 29.4 Å². The smallest absolute Gasteiger partial charge is 0.295 e. The van der Waals surface area contributed by atoms with E-state index in [0.717, 1.165) is 17.2 Å². The number of nitrogens with zero attached hydrogens (tertiary/aromatic N) is 3. The van der Waals surface area contributed by atoms with Crippen LogP contribution in [-0.2, 0) is 16.6 Å². The Kier molecular flexibility index (Phi) is 8.34. The molecule has 0 amide bonds. The topological polar surface area (TPSA) is 114 Å². The third-order valence-corrected chi connectivity index (χ3v) is 7.06. The van der Waals surface area contributed by atoms with Crippen LogP contribution in [0.25, 0.3) is 0 Å². The summed E-state index contributed by atoms with van der Waals surface area (Å²) in [5.74, 6) is 0.657. The number of anilines is 1. The number of hydrogen-bond donors (Lipinski definition) is 1. The molecule has 3 aromatic rings. The van der Waals surface area contributed by atoms with Crippen LogP contribution in [0.15, 0.2) is 82.8 Å². The molecule has 0 atom stereocenters. The summed E-state index contributed by atoms with van der Waals surface area (Å²) in [6, 6.07) is 20.7. The highest BCUT2D eigenvalue weighted by atomic mass is 32.2. The minimum absolute atomic E-state index is 0.0798. The average molecular weight is 483 g/mol. The summed E-state index contributed by atoms with van der Waals surface area (Å²) in [5.41, 5.74) is 4.10. The molecule has 3 rings (SSSR count). The van der Waals surface area contributed by atoms with Crippen LogP contribution in [0, 0.1) is 10.1 Å². The van der Waals surface area contributed by atoms with E-state index in [9.17, 15) is 18.5 Å². The summed E-state index contributed by atoms with van der Waals surface area (Å²) < 4.78 is 32.4. The second-order valence-corrected chi connectivity index (χ2v) is 9.18. The molecule has 0 spiro atoms. The minimum atomic E-state index is -3.82. The van der Waals surface area contributed by atoms with Crippen molar-refractivity contribution < 1.29 is 18.1 Å². The largest absolute Gasteiger partial charge is 0.489 e. The molecule has 0 aliphatic heterocycles. The molecule has 0 unspecified atom stereocenters. The average Bonchev–Trinajstić information content (AvgIpc) is 2.84. The highest BCUT2D eigenvalue weighted by Crippen LogP contribution is 2.29. The zero-order valence-corrected chi connectivity index (χ0v) is 19.7. The molecule has 178 valence electrons. The van der Waals surface area contributed by atoms with Gasteiger partial charge in [-0.2, -0.15) is 9.41 Å². The summed E-state index contributed by atoms with van der Waals surface area (Å²) in [5, 5.41) is 15.6. The first-order chi connectivity index (χ1) is 16.3. The fraction of sp³-hybridized carbons (Fsp3) is 0.208. The van der Waals surface area contributed by atoms with Crippen molar-refractivity contribution in [3.05, 3.63) is 94.0 Å². The number of nitro benzene ring substituents is 1. The van der Waals surface area contributed by atoms with Crippen molar-refractivity contribution in [1.82, 2.24) is 4.31 Å². The Morgan fingerprint density at radius 2 is 1.76 bits per heavy atom. The number of nitro groups is 1. The predicted molar refractivity (Wildman–Crippen MR) is 132 cm³/mol. The van der Waals surface area contributed by atoms with Crippen LogP contribution >= 0.6 is 0 Å². The van der Waals surface area contributed by atoms with Gasteiger partial charge in [0.2, 0.25) is 10.0 Å². The number of sulfonamides is 1. The lowest BCUT2D eigenvalue weighted by Crippen LogP contribution is -2.30. The number of nitrogens with one attached hydrogen (secondary N) is 1. The molecule has 0 fully saturated rings. The summed E-state index contributed by atoms with van der Waals surface area (Å²) in [6.07, 6.45) is 1.50. The Morgan fingerprint density at radius 3 is 2.44 bits per heavy atom. The number of rotatable bonds is 11. The van der Waals surface area contributed by atoms with E-state index in [1.54, 1.807) is 19.9 Å². The fourth-order valence-corrected chi connectivity index (χ4v) is 4.71. The molecule has 1 N–H and O–H groups in total. The van der Waals surface area contributed by atoms with Gasteiger partial charge in [-0.3, -0.25) is 15.5 Å². The van der Waals surface area contributed by atoms with E-state index in [1.165, 1.54) is 22.7 Å². The highest BCUT2D eigenvalue weighted by molar-refractivity contribution is 7.89. The third kappa shape index (κ3) is 6.18. The first-order valence-electron chi connectivity index (χ1n) is 10.7. The maximum Gasteiger partial charge on any atom is 0.295 e. The van der Waals surface area contributed by atoms with Crippen molar-refractivity contribution >= 4 is 27.6 Å². The van der Waals surface area contributed by atoms with Gasteiger partial charge in [-0.05, 0) is 35.4 Å². The molecule has 9 nitrogen and oxygen atoms in total. The van der Waals surface area contributed by atoms with E-state index in [1.807, 2.05) is 48.5 Å². The van der Waals surface area contributed by atoms with E-state index in [2.05, 4.69) is 10.5 Å². The second-order valence-electron chi connectivity index (χ2n) is 7.24. The molecular formula is C24H26N4O5S. The molecule has 0 aliphatic carbocycles. The van der Waals surface area contributed by atoms with Gasteiger partial charge >= 0.3 is 0 Å². The first kappa shape index (κ1) is 24.9. The summed E-state index contributed by atoms with van der Waals surface area (Å²) in [7, 11) is -3.82. The predicted octanol–water partition coefficient (Wildman–Crippen LogP) is 4.65. The lowest BCUT2D eigenvalue weighted by Gasteiger charge is -2.18. The Bertz CT molecular complexity index is 1260. The van der Waals surface area contributed by atoms with E-state index in [4.69, 9.17) is 4.74 Å². The van der Waals surface area contributed by atoms with Crippen LogP contribution in [0.4, 0.5) is 11.4 Å². The molecule has 34 heavy (non-hydrogen) atoms. The van der Waals surface area contributed by atoms with Gasteiger partial charge in [0.1, 0.15) is 18.0 Å². The van der Waals surface area contributed by atoms with Gasteiger partial charge < -0.3 is 4.74 Å². The fourth-order valence-electron chi connectivity index (χ4n) is 3.23. The Hall–Kier alpha value is -3.76. The van der Waals surface area contributed by atoms with Crippen LogP contribution in [0.1, 0.15) is 25.0 Å². The molecule has 3 aromatic carbocycles. The Labute approximate surface area is 198 Å². The van der Waals surface area contributed by atoms with Crippen molar-refractivity contribution in [3.63, 3.8) is 0 Å². The molecule has 0 aromatic heterocycles. The molecule has 0 saturated heterocycles. The van der Waals surface area contributed by atoms with Gasteiger partial charge in [0, 0.05) is 19.2 Å². The third-order valence-electron chi connectivity index (χ3n) is 5.01. The van der Waals surface area contributed by atoms with Gasteiger partial charge in [-0.25, -0.2) is 8.42 Å². The zero-order chi connectivity index (χ0) is 24.6. The van der Waals surface area contributed by atoms with Gasteiger partial charge in [-0.1, -0.05) is 56.3 Å². The SMILES string of the molecule is CCN(CC)S(=O)(=O)c1ccc(NN=Cc2cccc(OCc3ccccc3)c2)c([N+](=O)[O-])c1. The van der Waals surface area contributed by atoms with Crippen molar-refractivity contribution in [2.24, 2.45) is 5.10 Å². The number of benzene rings is 3. The summed E-state index contributed by atoms with van der Waals surface area (Å²) in [6.45, 7) is 4.38. The summed E-state index contributed by atoms with van der Waals surface area (Å²) >= 11 is 0. The summed E-state index contributed by atoms with van der Waals surface area (Å²) in [4.78, 5) is 10.8. The van der Waals surface area contributed by atoms with Crippen molar-refractivity contribution in [2.45, 2.75) is 25.3 Å². The van der Waals surface area contributed by atoms with Crippen LogP contribution < -0.4 is 10.2 Å². The van der Waals surface area contributed by atoms with Gasteiger partial charge in [-0.15, -0.1) is 0 Å². The molecule has 10 heteroatoms. The molecule has 0 radical (unpaired) electrons. The standard InChI is InChI=1S/C24H26N4O5S/c1-3-27(4-2)34(31,32)22-13-14-23(24(16-22)28(29)30)26-25-17-20-11-8-12-21(15-20)33-18-19-9-6-5-7-10-19/h5-17,26H,3-4,18H2,1-2H3. The van der Waals surface area contributed by atoms with Crippen LogP contribution in [0.5, 0.6) is 5.75 Å². The maximum atomic E-state index is 12.7. The Balaban J connectivity index is 1.73. The lowest BCUT2D eigenvalue weighted by molar-refractivity contribution is -0.384. The second kappa shape index (κ2) is 11.4. The van der Waals surface area contributed by atoms with E-state index < -0.39 is 14.9 Å². The lowest BCUT2D eigenvalue weighted by atomic mass is 10.2. The van der Waals surface area contributed by atoms with Crippen LogP contribution in [0.3, 0.4) is 0 Å². The van der Waals surface area contributed by atoms with E-state index in [0.29, 0.717) is 12.4 Å². The number of hydrazone groups is 1. The molecule has 0 bridgehead atoms. The first-order valence-corrected chi connectivity index (χ1v) is 12.1.